The highest BCUT2D eigenvalue weighted by molar-refractivity contribution is 5.77. The minimum atomic E-state index is -0.0952. The normalized spacial score (nSPS) is 15.5. The SMILES string of the molecule is CC(NC(=O)COc1cccc(-n2cnnn2)c1)C1CC1. The molecule has 1 aromatic heterocycles. The number of tetrazole rings is 1. The summed E-state index contributed by atoms with van der Waals surface area (Å²) in [4.78, 5) is 11.8. The van der Waals surface area contributed by atoms with E-state index in [1.165, 1.54) is 23.9 Å². The van der Waals surface area contributed by atoms with Gasteiger partial charge in [0.05, 0.1) is 5.69 Å². The van der Waals surface area contributed by atoms with Gasteiger partial charge in [0.15, 0.2) is 6.61 Å². The van der Waals surface area contributed by atoms with E-state index < -0.39 is 0 Å². The van der Waals surface area contributed by atoms with Crippen molar-refractivity contribution in [2.45, 2.75) is 25.8 Å². The molecule has 2 aromatic rings. The van der Waals surface area contributed by atoms with Crippen molar-refractivity contribution in [2.75, 3.05) is 6.61 Å². The highest BCUT2D eigenvalue weighted by atomic mass is 16.5. The molecule has 1 N–H and O–H groups in total. The molecule has 0 radical (unpaired) electrons. The Morgan fingerprint density at radius 2 is 2.38 bits per heavy atom. The molecule has 1 atom stereocenters. The highest BCUT2D eigenvalue weighted by Gasteiger charge is 2.28. The van der Waals surface area contributed by atoms with Crippen LogP contribution in [0.5, 0.6) is 5.75 Å². The molecule has 1 aromatic carbocycles. The largest absolute Gasteiger partial charge is 0.484 e. The lowest BCUT2D eigenvalue weighted by Gasteiger charge is -2.13. The summed E-state index contributed by atoms with van der Waals surface area (Å²) in [7, 11) is 0. The number of nitrogens with zero attached hydrogens (tertiary/aromatic N) is 4. The van der Waals surface area contributed by atoms with Gasteiger partial charge in [-0.05, 0) is 48.2 Å². The first kappa shape index (κ1) is 13.5. The Kier molecular flexibility index (Phi) is 3.81. The maximum atomic E-state index is 11.8. The predicted molar refractivity (Wildman–Crippen MR) is 75.0 cm³/mol. The standard InChI is InChI=1S/C14H17N5O2/c1-10(11-5-6-11)16-14(20)8-21-13-4-2-3-12(7-13)19-9-15-17-18-19/h2-4,7,9-11H,5-6,8H2,1H3,(H,16,20). The summed E-state index contributed by atoms with van der Waals surface area (Å²) in [5.74, 6) is 1.15. The first-order valence-electron chi connectivity index (χ1n) is 6.98. The van der Waals surface area contributed by atoms with Crippen molar-refractivity contribution in [3.05, 3.63) is 30.6 Å². The van der Waals surface area contributed by atoms with Crippen molar-refractivity contribution in [1.29, 1.82) is 0 Å². The number of aromatic nitrogens is 4. The maximum Gasteiger partial charge on any atom is 0.258 e. The van der Waals surface area contributed by atoms with Gasteiger partial charge in [-0.15, -0.1) is 5.10 Å². The van der Waals surface area contributed by atoms with Crippen molar-refractivity contribution in [3.63, 3.8) is 0 Å². The summed E-state index contributed by atoms with van der Waals surface area (Å²) in [6.07, 6.45) is 3.91. The van der Waals surface area contributed by atoms with Gasteiger partial charge in [-0.25, -0.2) is 4.68 Å². The lowest BCUT2D eigenvalue weighted by molar-refractivity contribution is -0.123. The van der Waals surface area contributed by atoms with Gasteiger partial charge < -0.3 is 10.1 Å². The second-order valence-corrected chi connectivity index (χ2v) is 5.23. The Morgan fingerprint density at radius 1 is 1.52 bits per heavy atom. The van der Waals surface area contributed by atoms with Gasteiger partial charge >= 0.3 is 0 Å². The van der Waals surface area contributed by atoms with Crippen LogP contribution in [-0.2, 0) is 4.79 Å². The summed E-state index contributed by atoms with van der Waals surface area (Å²) < 4.78 is 7.04. The van der Waals surface area contributed by atoms with Crippen LogP contribution >= 0.6 is 0 Å². The maximum absolute atomic E-state index is 11.8. The third-order valence-corrected chi connectivity index (χ3v) is 3.52. The fourth-order valence-electron chi connectivity index (χ4n) is 2.15. The number of ether oxygens (including phenoxy) is 1. The first-order valence-corrected chi connectivity index (χ1v) is 6.98. The summed E-state index contributed by atoms with van der Waals surface area (Å²) >= 11 is 0. The van der Waals surface area contributed by atoms with E-state index >= 15 is 0 Å². The quantitative estimate of drug-likeness (QED) is 0.855. The Balaban J connectivity index is 1.55. The zero-order valence-electron chi connectivity index (χ0n) is 11.8. The monoisotopic (exact) mass is 287 g/mol. The molecular formula is C14H17N5O2. The van der Waals surface area contributed by atoms with Crippen LogP contribution in [0.25, 0.3) is 5.69 Å². The Labute approximate surface area is 122 Å². The van der Waals surface area contributed by atoms with Crippen LogP contribution < -0.4 is 10.1 Å². The van der Waals surface area contributed by atoms with E-state index in [9.17, 15) is 4.79 Å². The molecule has 0 saturated heterocycles. The van der Waals surface area contributed by atoms with Crippen molar-refractivity contribution < 1.29 is 9.53 Å². The van der Waals surface area contributed by atoms with Crippen molar-refractivity contribution >= 4 is 5.91 Å². The molecule has 21 heavy (non-hydrogen) atoms. The molecule has 7 nitrogen and oxygen atoms in total. The van der Waals surface area contributed by atoms with Crippen LogP contribution in [0, 0.1) is 5.92 Å². The van der Waals surface area contributed by atoms with Crippen LogP contribution in [0.4, 0.5) is 0 Å². The van der Waals surface area contributed by atoms with E-state index in [4.69, 9.17) is 4.74 Å². The lowest BCUT2D eigenvalue weighted by Crippen LogP contribution is -2.37. The van der Waals surface area contributed by atoms with E-state index in [0.717, 1.165) is 5.69 Å². The van der Waals surface area contributed by atoms with Crippen molar-refractivity contribution in [1.82, 2.24) is 25.5 Å². The molecule has 1 unspecified atom stereocenters. The third kappa shape index (κ3) is 3.56. The van der Waals surface area contributed by atoms with Crippen LogP contribution in [0.1, 0.15) is 19.8 Å². The van der Waals surface area contributed by atoms with Gasteiger partial charge in [-0.1, -0.05) is 6.07 Å². The minimum absolute atomic E-state index is 0.0100. The number of hydrogen-bond donors (Lipinski definition) is 1. The average Bonchev–Trinajstić information content (AvgIpc) is 3.20. The second kappa shape index (κ2) is 5.90. The number of rotatable bonds is 6. The smallest absolute Gasteiger partial charge is 0.258 e. The summed E-state index contributed by atoms with van der Waals surface area (Å²) in [5.41, 5.74) is 0.782. The number of benzene rings is 1. The van der Waals surface area contributed by atoms with Crippen LogP contribution in [0.3, 0.4) is 0 Å². The first-order chi connectivity index (χ1) is 10.2. The van der Waals surface area contributed by atoms with Gasteiger partial charge in [0.25, 0.3) is 5.91 Å². The predicted octanol–water partition coefficient (Wildman–Crippen LogP) is 0.956. The van der Waals surface area contributed by atoms with Crippen LogP contribution in [-0.4, -0.2) is 38.8 Å². The van der Waals surface area contributed by atoms with Gasteiger partial charge in [-0.2, -0.15) is 0 Å². The zero-order valence-corrected chi connectivity index (χ0v) is 11.8. The zero-order chi connectivity index (χ0) is 14.7. The summed E-state index contributed by atoms with van der Waals surface area (Å²) in [6, 6.07) is 7.50. The molecule has 110 valence electrons. The molecule has 0 spiro atoms. The van der Waals surface area contributed by atoms with E-state index in [2.05, 4.69) is 20.8 Å². The summed E-state index contributed by atoms with van der Waals surface area (Å²) in [6.45, 7) is 2.05. The van der Waals surface area contributed by atoms with E-state index in [-0.39, 0.29) is 18.6 Å². The molecule has 0 bridgehead atoms. The minimum Gasteiger partial charge on any atom is -0.484 e. The number of hydrogen-bond acceptors (Lipinski definition) is 5. The molecule has 1 aliphatic rings. The van der Waals surface area contributed by atoms with Gasteiger partial charge in [0.1, 0.15) is 12.1 Å². The molecular weight excluding hydrogens is 270 g/mol. The molecule has 1 amide bonds. The molecule has 1 aliphatic carbocycles. The van der Waals surface area contributed by atoms with Gasteiger partial charge in [-0.3, -0.25) is 4.79 Å². The van der Waals surface area contributed by atoms with E-state index in [1.54, 1.807) is 12.1 Å². The number of amides is 1. The third-order valence-electron chi connectivity index (χ3n) is 3.52. The molecule has 7 heteroatoms. The van der Waals surface area contributed by atoms with E-state index in [1.807, 2.05) is 19.1 Å². The lowest BCUT2D eigenvalue weighted by atomic mass is 10.2. The number of nitrogens with one attached hydrogen (secondary N) is 1. The molecule has 1 fully saturated rings. The average molecular weight is 287 g/mol. The highest BCUT2D eigenvalue weighted by Crippen LogP contribution is 2.32. The van der Waals surface area contributed by atoms with Crippen LogP contribution in [0.15, 0.2) is 30.6 Å². The Bertz CT molecular complexity index is 610. The van der Waals surface area contributed by atoms with Gasteiger partial charge in [0, 0.05) is 12.1 Å². The summed E-state index contributed by atoms with van der Waals surface area (Å²) in [5, 5.41) is 13.9. The van der Waals surface area contributed by atoms with Crippen molar-refractivity contribution in [3.8, 4) is 11.4 Å². The molecule has 1 saturated carbocycles. The molecule has 3 rings (SSSR count). The number of carbonyl (C=O) groups is 1. The topological polar surface area (TPSA) is 81.9 Å². The Hall–Kier alpha value is -2.44. The Morgan fingerprint density at radius 3 is 3.10 bits per heavy atom. The molecule has 0 aliphatic heterocycles. The van der Waals surface area contributed by atoms with Crippen molar-refractivity contribution in [2.24, 2.45) is 5.92 Å². The van der Waals surface area contributed by atoms with Gasteiger partial charge in [0.2, 0.25) is 0 Å². The molecule has 1 heterocycles. The fraction of sp³-hybridized carbons (Fsp3) is 0.429. The van der Waals surface area contributed by atoms with Crippen LogP contribution in [0.2, 0.25) is 0 Å². The number of carbonyl (C=O) groups excluding carboxylic acids is 1. The second-order valence-electron chi connectivity index (χ2n) is 5.23. The van der Waals surface area contributed by atoms with E-state index in [0.29, 0.717) is 11.7 Å². The fourth-order valence-corrected chi connectivity index (χ4v) is 2.15.